The Kier molecular flexibility index (Phi) is 6.18. The summed E-state index contributed by atoms with van der Waals surface area (Å²) in [6.45, 7) is 5.33. The number of amides is 3. The third-order valence-corrected chi connectivity index (χ3v) is 5.77. The van der Waals surface area contributed by atoms with E-state index in [9.17, 15) is 14.4 Å². The van der Waals surface area contributed by atoms with Crippen molar-refractivity contribution in [3.63, 3.8) is 0 Å². The van der Waals surface area contributed by atoms with Gasteiger partial charge in [-0.05, 0) is 50.3 Å². The fraction of sp³-hybridized carbons (Fsp3) is 0.300. The second kappa shape index (κ2) is 8.46. The summed E-state index contributed by atoms with van der Waals surface area (Å²) in [4.78, 5) is 40.5. The van der Waals surface area contributed by atoms with Gasteiger partial charge in [0.1, 0.15) is 12.1 Å². The fourth-order valence-electron chi connectivity index (χ4n) is 3.27. The van der Waals surface area contributed by atoms with Crippen molar-refractivity contribution in [2.75, 3.05) is 20.1 Å². The van der Waals surface area contributed by atoms with E-state index >= 15 is 0 Å². The Morgan fingerprint density at radius 3 is 2.62 bits per heavy atom. The average molecular weight is 477 g/mol. The van der Waals surface area contributed by atoms with Gasteiger partial charge in [-0.3, -0.25) is 24.6 Å². The van der Waals surface area contributed by atoms with Crippen molar-refractivity contribution < 1.29 is 14.4 Å². The Morgan fingerprint density at radius 2 is 1.97 bits per heavy atom. The van der Waals surface area contributed by atoms with Crippen LogP contribution in [-0.2, 0) is 20.9 Å². The van der Waals surface area contributed by atoms with Crippen molar-refractivity contribution >= 4 is 68.0 Å². The number of halogens is 1. The zero-order valence-electron chi connectivity index (χ0n) is 16.4. The molecule has 3 rings (SSSR count). The first kappa shape index (κ1) is 21.2. The topological polar surface area (TPSA) is 74.7 Å². The zero-order valence-corrected chi connectivity index (χ0v) is 18.8. The first-order valence-electron chi connectivity index (χ1n) is 9.18. The number of carbonyl (C=O) groups is 3. The molecule has 1 aliphatic heterocycles. The number of likely N-dealkylation sites (N-methyl/N-ethyl adjacent to an activating group) is 2. The molecule has 29 heavy (non-hydrogen) atoms. The number of fused-ring (bicyclic) bond motifs is 1. The quantitative estimate of drug-likeness (QED) is 0.408. The maximum absolute atomic E-state index is 12.6. The molecule has 2 heterocycles. The Labute approximate surface area is 182 Å². The zero-order chi connectivity index (χ0) is 21.3. The molecule has 0 atom stereocenters. The van der Waals surface area contributed by atoms with E-state index in [2.05, 4.69) is 21.2 Å². The Hall–Kier alpha value is -2.52. The van der Waals surface area contributed by atoms with Crippen molar-refractivity contribution in [1.82, 2.24) is 19.7 Å². The number of rotatable bonds is 5. The summed E-state index contributed by atoms with van der Waals surface area (Å²) in [7, 11) is 1.51. The smallest absolute Gasteiger partial charge is 0.265 e. The molecular weight excluding hydrogens is 456 g/mol. The van der Waals surface area contributed by atoms with Crippen molar-refractivity contribution in [2.45, 2.75) is 20.4 Å². The summed E-state index contributed by atoms with van der Waals surface area (Å²) in [5, 5.41) is 3.42. The van der Waals surface area contributed by atoms with E-state index in [1.54, 1.807) is 17.2 Å². The van der Waals surface area contributed by atoms with E-state index in [1.807, 2.05) is 36.6 Å². The van der Waals surface area contributed by atoms with Gasteiger partial charge >= 0.3 is 0 Å². The lowest BCUT2D eigenvalue weighted by Crippen LogP contribution is -2.52. The summed E-state index contributed by atoms with van der Waals surface area (Å²) in [5.41, 5.74) is 1.51. The van der Waals surface area contributed by atoms with E-state index in [0.29, 0.717) is 18.7 Å². The lowest BCUT2D eigenvalue weighted by atomic mass is 10.1. The normalized spacial score (nSPS) is 15.9. The highest BCUT2D eigenvalue weighted by atomic mass is 79.9. The first-order valence-corrected chi connectivity index (χ1v) is 10.4. The number of carbonyl (C=O) groups excluding carboxylic acids is 3. The molecule has 0 bridgehead atoms. The monoisotopic (exact) mass is 476 g/mol. The number of thiocarbonyl (C=S) groups is 1. The van der Waals surface area contributed by atoms with Crippen LogP contribution >= 0.6 is 28.1 Å². The van der Waals surface area contributed by atoms with E-state index in [1.165, 1.54) is 11.9 Å². The van der Waals surface area contributed by atoms with Gasteiger partial charge in [0, 0.05) is 47.3 Å². The number of hydrogen-bond acceptors (Lipinski definition) is 4. The minimum absolute atomic E-state index is 0.00445. The molecular formula is C20H21BrN4O3S. The highest BCUT2D eigenvalue weighted by Crippen LogP contribution is 2.28. The Morgan fingerprint density at radius 1 is 1.28 bits per heavy atom. The number of aromatic nitrogens is 1. The predicted molar refractivity (Wildman–Crippen MR) is 119 cm³/mol. The van der Waals surface area contributed by atoms with Gasteiger partial charge in [0.25, 0.3) is 11.8 Å². The molecule has 0 unspecified atom stereocenters. The van der Waals surface area contributed by atoms with Crippen LogP contribution in [0.3, 0.4) is 0 Å². The van der Waals surface area contributed by atoms with Gasteiger partial charge in [-0.15, -0.1) is 0 Å². The molecule has 2 aromatic rings. The maximum Gasteiger partial charge on any atom is 0.265 e. The molecule has 1 fully saturated rings. The summed E-state index contributed by atoms with van der Waals surface area (Å²) in [6, 6.07) is 5.70. The minimum atomic E-state index is -0.534. The van der Waals surface area contributed by atoms with Crippen LogP contribution in [0, 0.1) is 0 Å². The molecule has 1 aromatic heterocycles. The molecule has 0 aliphatic carbocycles. The van der Waals surface area contributed by atoms with Gasteiger partial charge in [0.05, 0.1) is 0 Å². The molecule has 1 aromatic carbocycles. The van der Waals surface area contributed by atoms with Gasteiger partial charge < -0.3 is 9.47 Å². The number of nitrogens with zero attached hydrogens (tertiary/aromatic N) is 3. The third-order valence-electron chi connectivity index (χ3n) is 4.90. The van der Waals surface area contributed by atoms with Crippen molar-refractivity contribution in [3.05, 3.63) is 40.0 Å². The minimum Gasteiger partial charge on any atom is -0.342 e. The average Bonchev–Trinajstić information content (AvgIpc) is 3.00. The fourth-order valence-corrected chi connectivity index (χ4v) is 3.80. The lowest BCUT2D eigenvalue weighted by Gasteiger charge is -2.24. The molecule has 0 radical (unpaired) electrons. The van der Waals surface area contributed by atoms with Gasteiger partial charge in [0.2, 0.25) is 5.91 Å². The standard InChI is InChI=1S/C20H21BrN4O3S/c1-4-24(5-2)17(26)11-25-10-12(14-9-13(21)6-7-16(14)25)8-15-18(27)22-20(29)23(3)19(15)28/h6-10H,4-5,11H2,1-3H3,(H,22,27,29)/b15-8+. The first-order chi connectivity index (χ1) is 13.8. The third kappa shape index (κ3) is 4.11. The van der Waals surface area contributed by atoms with Gasteiger partial charge in [0.15, 0.2) is 5.11 Å². The molecule has 7 nitrogen and oxygen atoms in total. The van der Waals surface area contributed by atoms with Crippen molar-refractivity contribution in [2.24, 2.45) is 0 Å². The highest BCUT2D eigenvalue weighted by Gasteiger charge is 2.31. The van der Waals surface area contributed by atoms with Gasteiger partial charge in [-0.25, -0.2) is 0 Å². The summed E-state index contributed by atoms with van der Waals surface area (Å²) >= 11 is 8.45. The summed E-state index contributed by atoms with van der Waals surface area (Å²) in [5.74, 6) is -0.993. The van der Waals surface area contributed by atoms with Crippen LogP contribution in [0.25, 0.3) is 17.0 Å². The Balaban J connectivity index is 2.08. The SMILES string of the molecule is CCN(CC)C(=O)Cn1cc(/C=C2\C(=O)NC(=S)N(C)C2=O)c2cc(Br)ccc21. The highest BCUT2D eigenvalue weighted by molar-refractivity contribution is 9.10. The van der Waals surface area contributed by atoms with E-state index in [-0.39, 0.29) is 23.1 Å². The molecule has 1 aliphatic rings. The molecule has 9 heteroatoms. The van der Waals surface area contributed by atoms with Crippen LogP contribution in [-0.4, -0.2) is 57.3 Å². The molecule has 0 spiro atoms. The second-order valence-electron chi connectivity index (χ2n) is 6.62. The lowest BCUT2D eigenvalue weighted by molar-refractivity contribution is -0.131. The van der Waals surface area contributed by atoms with Crippen LogP contribution in [0.15, 0.2) is 34.4 Å². The van der Waals surface area contributed by atoms with E-state index < -0.39 is 11.8 Å². The molecule has 1 N–H and O–H groups in total. The van der Waals surface area contributed by atoms with Gasteiger partial charge in [-0.1, -0.05) is 15.9 Å². The van der Waals surface area contributed by atoms with Crippen molar-refractivity contribution in [3.8, 4) is 0 Å². The number of hydrogen-bond donors (Lipinski definition) is 1. The van der Waals surface area contributed by atoms with Crippen LogP contribution in [0.1, 0.15) is 19.4 Å². The number of nitrogens with one attached hydrogen (secondary N) is 1. The Bertz CT molecular complexity index is 1060. The van der Waals surface area contributed by atoms with E-state index in [4.69, 9.17) is 12.2 Å². The van der Waals surface area contributed by atoms with Crippen LogP contribution in [0.2, 0.25) is 0 Å². The van der Waals surface area contributed by atoms with Crippen molar-refractivity contribution in [1.29, 1.82) is 0 Å². The summed E-state index contributed by atoms with van der Waals surface area (Å²) in [6.07, 6.45) is 3.34. The maximum atomic E-state index is 12.6. The molecule has 1 saturated heterocycles. The number of benzene rings is 1. The van der Waals surface area contributed by atoms with Crippen LogP contribution in [0.4, 0.5) is 0 Å². The summed E-state index contributed by atoms with van der Waals surface area (Å²) < 4.78 is 2.70. The predicted octanol–water partition coefficient (Wildman–Crippen LogP) is 2.53. The van der Waals surface area contributed by atoms with Gasteiger partial charge in [-0.2, -0.15) is 0 Å². The molecule has 0 saturated carbocycles. The molecule has 3 amide bonds. The van der Waals surface area contributed by atoms with Crippen LogP contribution in [0.5, 0.6) is 0 Å². The largest absolute Gasteiger partial charge is 0.342 e. The van der Waals surface area contributed by atoms with E-state index in [0.717, 1.165) is 15.4 Å². The second-order valence-corrected chi connectivity index (χ2v) is 7.92. The molecule has 152 valence electrons. The van der Waals surface area contributed by atoms with Crippen LogP contribution < -0.4 is 5.32 Å².